The minimum Gasteiger partial charge on any atom is -0.388 e. The van der Waals surface area contributed by atoms with Crippen LogP contribution in [0.1, 0.15) is 13.8 Å². The maximum Gasteiger partial charge on any atom is 0.189 e. The van der Waals surface area contributed by atoms with E-state index in [9.17, 15) is 20.4 Å². The molecular weight excluding hydrogens is 284 g/mol. The lowest BCUT2D eigenvalue weighted by atomic mass is 9.97. The summed E-state index contributed by atoms with van der Waals surface area (Å²) in [5.41, 5.74) is 11.3. The van der Waals surface area contributed by atoms with E-state index in [1.165, 1.54) is 0 Å². The molecule has 0 spiro atoms. The third-order valence-electron chi connectivity index (χ3n) is 4.10. The highest BCUT2D eigenvalue weighted by molar-refractivity contribution is 4.93. The highest BCUT2D eigenvalue weighted by Crippen LogP contribution is 2.26. The summed E-state index contributed by atoms with van der Waals surface area (Å²) in [6.45, 7) is 3.25. The van der Waals surface area contributed by atoms with E-state index in [2.05, 4.69) is 0 Å². The summed E-state index contributed by atoms with van der Waals surface area (Å²) in [6, 6.07) is -1.51. The minimum atomic E-state index is -1.39. The summed E-state index contributed by atoms with van der Waals surface area (Å²) >= 11 is 0. The number of nitrogens with two attached hydrogens (primary N) is 2. The van der Waals surface area contributed by atoms with Crippen LogP contribution >= 0.6 is 0 Å². The summed E-state index contributed by atoms with van der Waals surface area (Å²) in [7, 11) is 0. The zero-order valence-corrected chi connectivity index (χ0v) is 11.9. The summed E-state index contributed by atoms with van der Waals surface area (Å²) in [6.07, 6.45) is -8.83. The summed E-state index contributed by atoms with van der Waals surface area (Å²) < 4.78 is 16.1. The number of rotatable bonds is 2. The fourth-order valence-electron chi connectivity index (χ4n) is 2.46. The average Bonchev–Trinajstić information content (AvgIpc) is 2.45. The van der Waals surface area contributed by atoms with Crippen molar-refractivity contribution in [2.24, 2.45) is 11.5 Å². The lowest BCUT2D eigenvalue weighted by Gasteiger charge is -2.44. The zero-order valence-electron chi connectivity index (χ0n) is 11.9. The molecule has 10 atom stereocenters. The van der Waals surface area contributed by atoms with Gasteiger partial charge in [-0.2, -0.15) is 0 Å². The fourth-order valence-corrected chi connectivity index (χ4v) is 2.46. The predicted octanol–water partition coefficient (Wildman–Crippen LogP) is -3.41. The molecule has 0 bridgehead atoms. The molecule has 0 aliphatic carbocycles. The molecule has 124 valence electrons. The first-order chi connectivity index (χ1) is 9.73. The average molecular weight is 308 g/mol. The number of ether oxygens (including phenoxy) is 3. The monoisotopic (exact) mass is 308 g/mol. The SMILES string of the molecule is C[C@H]1O[C@H](O[C@H]2O[C@H](C)[C@@H](N)[C@H](O)[C@H]2O)[C@H](O)[C@@H](O)[C@@H]1N. The number of hydrogen-bond acceptors (Lipinski definition) is 9. The van der Waals surface area contributed by atoms with Gasteiger partial charge in [0.25, 0.3) is 0 Å². The van der Waals surface area contributed by atoms with Crippen molar-refractivity contribution in [2.75, 3.05) is 0 Å². The Hall–Kier alpha value is -0.360. The van der Waals surface area contributed by atoms with E-state index in [1.54, 1.807) is 13.8 Å². The van der Waals surface area contributed by atoms with Gasteiger partial charge in [-0.25, -0.2) is 0 Å². The minimum absolute atomic E-state index is 0.557. The van der Waals surface area contributed by atoms with Crippen molar-refractivity contribution in [3.8, 4) is 0 Å². The molecule has 2 rings (SSSR count). The van der Waals surface area contributed by atoms with E-state index in [4.69, 9.17) is 25.7 Å². The van der Waals surface area contributed by atoms with Crippen molar-refractivity contribution >= 4 is 0 Å². The Kier molecular flexibility index (Phi) is 5.19. The molecule has 0 aromatic carbocycles. The van der Waals surface area contributed by atoms with Gasteiger partial charge in [-0.15, -0.1) is 0 Å². The van der Waals surface area contributed by atoms with Gasteiger partial charge in [0, 0.05) is 0 Å². The largest absolute Gasteiger partial charge is 0.388 e. The molecule has 9 heteroatoms. The third-order valence-corrected chi connectivity index (χ3v) is 4.10. The molecule has 8 N–H and O–H groups in total. The van der Waals surface area contributed by atoms with Crippen LogP contribution in [0, 0.1) is 0 Å². The van der Waals surface area contributed by atoms with E-state index in [0.717, 1.165) is 0 Å². The third kappa shape index (κ3) is 3.21. The molecule has 0 aromatic heterocycles. The Morgan fingerprint density at radius 1 is 0.714 bits per heavy atom. The number of hydrogen-bond donors (Lipinski definition) is 6. The van der Waals surface area contributed by atoms with Gasteiger partial charge in [0.05, 0.1) is 24.3 Å². The van der Waals surface area contributed by atoms with Crippen LogP contribution in [0.4, 0.5) is 0 Å². The van der Waals surface area contributed by atoms with Crippen LogP contribution in [-0.2, 0) is 14.2 Å². The van der Waals surface area contributed by atoms with Gasteiger partial charge in [0.1, 0.15) is 24.4 Å². The second-order valence-corrected chi connectivity index (χ2v) is 5.67. The molecule has 21 heavy (non-hydrogen) atoms. The Balaban J connectivity index is 2.03. The molecule has 2 aliphatic heterocycles. The first-order valence-electron chi connectivity index (χ1n) is 6.94. The van der Waals surface area contributed by atoms with Gasteiger partial charge >= 0.3 is 0 Å². The van der Waals surface area contributed by atoms with E-state index >= 15 is 0 Å². The Bertz CT molecular complexity index is 328. The maximum atomic E-state index is 9.92. The van der Waals surface area contributed by atoms with E-state index < -0.39 is 61.3 Å². The van der Waals surface area contributed by atoms with Crippen LogP contribution in [0.3, 0.4) is 0 Å². The normalized spacial score (nSPS) is 55.4. The molecule has 2 aliphatic rings. The van der Waals surface area contributed by atoms with Crippen molar-refractivity contribution in [3.05, 3.63) is 0 Å². The second-order valence-electron chi connectivity index (χ2n) is 5.67. The van der Waals surface area contributed by atoms with Gasteiger partial charge in [-0.1, -0.05) is 0 Å². The Morgan fingerprint density at radius 3 is 1.38 bits per heavy atom. The van der Waals surface area contributed by atoms with Gasteiger partial charge in [-0.3, -0.25) is 0 Å². The molecule has 0 unspecified atom stereocenters. The smallest absolute Gasteiger partial charge is 0.189 e. The van der Waals surface area contributed by atoms with Crippen LogP contribution in [0.5, 0.6) is 0 Å². The van der Waals surface area contributed by atoms with Gasteiger partial charge < -0.3 is 46.1 Å². The van der Waals surface area contributed by atoms with Crippen molar-refractivity contribution in [2.45, 2.75) is 75.1 Å². The molecule has 2 saturated heterocycles. The van der Waals surface area contributed by atoms with Crippen LogP contribution in [0.15, 0.2) is 0 Å². The lowest BCUT2D eigenvalue weighted by Crippen LogP contribution is -2.64. The molecule has 2 heterocycles. The Labute approximate surface area is 122 Å². The van der Waals surface area contributed by atoms with Crippen molar-refractivity contribution < 1.29 is 34.6 Å². The van der Waals surface area contributed by atoms with Gasteiger partial charge in [0.15, 0.2) is 12.6 Å². The van der Waals surface area contributed by atoms with Crippen LogP contribution in [-0.4, -0.2) is 81.7 Å². The highest BCUT2D eigenvalue weighted by atomic mass is 16.8. The van der Waals surface area contributed by atoms with Crippen molar-refractivity contribution in [1.29, 1.82) is 0 Å². The topological polar surface area (TPSA) is 161 Å². The summed E-state index contributed by atoms with van der Waals surface area (Å²) in [5.74, 6) is 0. The Morgan fingerprint density at radius 2 is 1.05 bits per heavy atom. The van der Waals surface area contributed by atoms with Gasteiger partial charge in [0.2, 0.25) is 0 Å². The van der Waals surface area contributed by atoms with Crippen LogP contribution in [0.2, 0.25) is 0 Å². The molecule has 2 fully saturated rings. The van der Waals surface area contributed by atoms with Gasteiger partial charge in [-0.05, 0) is 13.8 Å². The predicted molar refractivity (Wildman–Crippen MR) is 69.7 cm³/mol. The van der Waals surface area contributed by atoms with E-state index in [-0.39, 0.29) is 0 Å². The molecule has 0 aromatic rings. The fraction of sp³-hybridized carbons (Fsp3) is 1.00. The van der Waals surface area contributed by atoms with Crippen LogP contribution in [0.25, 0.3) is 0 Å². The second kappa shape index (κ2) is 6.41. The zero-order chi connectivity index (χ0) is 15.9. The van der Waals surface area contributed by atoms with Crippen molar-refractivity contribution in [1.82, 2.24) is 0 Å². The summed E-state index contributed by atoms with van der Waals surface area (Å²) in [4.78, 5) is 0. The lowest BCUT2D eigenvalue weighted by molar-refractivity contribution is -0.354. The number of aliphatic hydroxyl groups is 4. The van der Waals surface area contributed by atoms with E-state index in [0.29, 0.717) is 0 Å². The highest BCUT2D eigenvalue weighted by Gasteiger charge is 2.47. The standard InChI is InChI=1S/C12H24N2O7/c1-3-5(13)7(15)9(17)11(19-3)21-12-10(18)8(16)6(14)4(2)20-12/h3-12,15-18H,13-14H2,1-2H3/t3-,4-,5-,6-,7+,8+,9-,10-,11-,12-/m1/s1. The first kappa shape index (κ1) is 17.0. The molecular formula is C12H24N2O7. The first-order valence-corrected chi connectivity index (χ1v) is 6.94. The molecule has 0 saturated carbocycles. The van der Waals surface area contributed by atoms with Crippen molar-refractivity contribution in [3.63, 3.8) is 0 Å². The summed E-state index contributed by atoms with van der Waals surface area (Å²) in [5, 5.41) is 39.5. The molecule has 0 radical (unpaired) electrons. The van der Waals surface area contributed by atoms with Crippen LogP contribution < -0.4 is 11.5 Å². The van der Waals surface area contributed by atoms with E-state index in [1.807, 2.05) is 0 Å². The maximum absolute atomic E-state index is 9.92. The molecule has 9 nitrogen and oxygen atoms in total. The number of aliphatic hydroxyl groups excluding tert-OH is 4. The molecule has 0 amide bonds. The quantitative estimate of drug-likeness (QED) is 0.305.